The van der Waals surface area contributed by atoms with Crippen molar-refractivity contribution in [1.82, 2.24) is 14.9 Å². The molecule has 2 fully saturated rings. The first-order valence-electron chi connectivity index (χ1n) is 9.46. The van der Waals surface area contributed by atoms with E-state index in [1.807, 2.05) is 6.07 Å². The highest BCUT2D eigenvalue weighted by Crippen LogP contribution is 2.61. The van der Waals surface area contributed by atoms with Gasteiger partial charge in [0, 0.05) is 45.1 Å². The Bertz CT molecular complexity index is 812. The van der Waals surface area contributed by atoms with E-state index in [4.69, 9.17) is 10.7 Å². The van der Waals surface area contributed by atoms with Gasteiger partial charge in [0.15, 0.2) is 5.96 Å². The summed E-state index contributed by atoms with van der Waals surface area (Å²) in [5.41, 5.74) is 9.37. The maximum absolute atomic E-state index is 6.28. The Morgan fingerprint density at radius 3 is 2.65 bits per heavy atom. The molecule has 1 saturated carbocycles. The molecule has 6 heteroatoms. The predicted octanol–water partition coefficient (Wildman–Crippen LogP) is 1.50. The molecule has 2 aromatic rings. The van der Waals surface area contributed by atoms with Crippen LogP contribution in [0.15, 0.2) is 47.7 Å². The number of hydrogen-bond acceptors (Lipinski definition) is 4. The van der Waals surface area contributed by atoms with Gasteiger partial charge in [0.05, 0.1) is 0 Å². The number of piperazine rings is 1. The summed E-state index contributed by atoms with van der Waals surface area (Å²) in [7, 11) is 0. The van der Waals surface area contributed by atoms with Gasteiger partial charge in [-0.05, 0) is 41.4 Å². The standard InChI is InChI=1S/C20H24N6/c21-19(25-8-10-26(11-9-25)20-22-6-3-7-23-20)24-13-17-16-12-14-4-1-2-5-15(14)18(16)17/h1-7,16-18H,8-13H2,(H2,21,24). The summed E-state index contributed by atoms with van der Waals surface area (Å²) in [4.78, 5) is 17.8. The van der Waals surface area contributed by atoms with Crippen molar-refractivity contribution in [2.75, 3.05) is 37.6 Å². The zero-order valence-corrected chi connectivity index (χ0v) is 14.8. The zero-order chi connectivity index (χ0) is 17.5. The van der Waals surface area contributed by atoms with Crippen molar-refractivity contribution >= 4 is 11.9 Å². The van der Waals surface area contributed by atoms with Crippen LogP contribution in [0.5, 0.6) is 0 Å². The summed E-state index contributed by atoms with van der Waals surface area (Å²) in [6.45, 7) is 4.35. The number of fused-ring (bicyclic) bond motifs is 3. The summed E-state index contributed by atoms with van der Waals surface area (Å²) in [5, 5.41) is 0. The molecule has 2 aliphatic carbocycles. The van der Waals surface area contributed by atoms with Crippen molar-refractivity contribution in [2.45, 2.75) is 12.3 Å². The van der Waals surface area contributed by atoms with Crippen molar-refractivity contribution in [3.8, 4) is 0 Å². The number of guanidine groups is 1. The van der Waals surface area contributed by atoms with Crippen LogP contribution >= 0.6 is 0 Å². The summed E-state index contributed by atoms with van der Waals surface area (Å²) in [6, 6.07) is 10.7. The van der Waals surface area contributed by atoms with Crippen LogP contribution in [0.3, 0.4) is 0 Å². The molecule has 2 heterocycles. The maximum atomic E-state index is 6.28. The van der Waals surface area contributed by atoms with Crippen molar-refractivity contribution in [2.24, 2.45) is 22.6 Å². The maximum Gasteiger partial charge on any atom is 0.225 e. The molecule has 0 radical (unpaired) electrons. The normalized spacial score (nSPS) is 27.2. The lowest BCUT2D eigenvalue weighted by Crippen LogP contribution is -2.51. The number of benzene rings is 1. The van der Waals surface area contributed by atoms with Crippen LogP contribution in [0.25, 0.3) is 0 Å². The Hall–Kier alpha value is -2.63. The van der Waals surface area contributed by atoms with Crippen LogP contribution in [0, 0.1) is 11.8 Å². The van der Waals surface area contributed by atoms with E-state index in [-0.39, 0.29) is 0 Å². The molecule has 3 atom stereocenters. The molecule has 26 heavy (non-hydrogen) atoms. The Labute approximate surface area is 153 Å². The minimum Gasteiger partial charge on any atom is -0.370 e. The van der Waals surface area contributed by atoms with Crippen LogP contribution < -0.4 is 10.6 Å². The third-order valence-corrected chi connectivity index (χ3v) is 6.10. The van der Waals surface area contributed by atoms with Crippen LogP contribution in [0.1, 0.15) is 17.0 Å². The van der Waals surface area contributed by atoms with Gasteiger partial charge >= 0.3 is 0 Å². The summed E-state index contributed by atoms with van der Waals surface area (Å²) in [5.74, 6) is 3.68. The lowest BCUT2D eigenvalue weighted by atomic mass is 10.0. The highest BCUT2D eigenvalue weighted by atomic mass is 15.4. The molecular formula is C20H24N6. The van der Waals surface area contributed by atoms with Crippen LogP contribution in [0.2, 0.25) is 0 Å². The first-order chi connectivity index (χ1) is 12.8. The predicted molar refractivity (Wildman–Crippen MR) is 102 cm³/mol. The van der Waals surface area contributed by atoms with Gasteiger partial charge in [0.25, 0.3) is 0 Å². The second-order valence-corrected chi connectivity index (χ2v) is 7.48. The molecule has 0 spiro atoms. The number of rotatable bonds is 3. The van der Waals surface area contributed by atoms with Gasteiger partial charge in [-0.3, -0.25) is 4.99 Å². The number of nitrogens with zero attached hydrogens (tertiary/aromatic N) is 5. The number of hydrogen-bond donors (Lipinski definition) is 1. The number of aromatic nitrogens is 2. The van der Waals surface area contributed by atoms with Gasteiger partial charge < -0.3 is 15.5 Å². The van der Waals surface area contributed by atoms with E-state index in [1.165, 1.54) is 12.0 Å². The molecule has 3 unspecified atom stereocenters. The summed E-state index contributed by atoms with van der Waals surface area (Å²) in [6.07, 6.45) is 4.79. The average Bonchev–Trinajstić information content (AvgIpc) is 3.24. The topological polar surface area (TPSA) is 70.6 Å². The molecule has 2 N–H and O–H groups in total. The van der Waals surface area contributed by atoms with E-state index >= 15 is 0 Å². The number of aliphatic imine (C=N–C) groups is 1. The summed E-state index contributed by atoms with van der Waals surface area (Å²) >= 11 is 0. The molecular weight excluding hydrogens is 324 g/mol. The van der Waals surface area contributed by atoms with Gasteiger partial charge in [-0.1, -0.05) is 24.3 Å². The van der Waals surface area contributed by atoms with Crippen molar-refractivity contribution in [1.29, 1.82) is 0 Å². The Morgan fingerprint density at radius 1 is 1.08 bits per heavy atom. The fourth-order valence-electron chi connectivity index (χ4n) is 4.62. The first kappa shape index (κ1) is 15.6. The highest BCUT2D eigenvalue weighted by molar-refractivity contribution is 5.78. The summed E-state index contributed by atoms with van der Waals surface area (Å²) < 4.78 is 0. The molecule has 1 aromatic carbocycles. The highest BCUT2D eigenvalue weighted by Gasteiger charge is 2.54. The van der Waals surface area contributed by atoms with E-state index in [9.17, 15) is 0 Å². The molecule has 0 bridgehead atoms. The molecule has 1 aliphatic heterocycles. The molecule has 1 saturated heterocycles. The smallest absolute Gasteiger partial charge is 0.225 e. The van der Waals surface area contributed by atoms with E-state index in [0.29, 0.717) is 11.9 Å². The van der Waals surface area contributed by atoms with E-state index < -0.39 is 0 Å². The van der Waals surface area contributed by atoms with Gasteiger partial charge in [-0.25, -0.2) is 9.97 Å². The van der Waals surface area contributed by atoms with Crippen LogP contribution in [0.4, 0.5) is 5.95 Å². The fraction of sp³-hybridized carbons (Fsp3) is 0.450. The van der Waals surface area contributed by atoms with Gasteiger partial charge in [0.2, 0.25) is 5.95 Å². The molecule has 1 aromatic heterocycles. The van der Waals surface area contributed by atoms with Crippen molar-refractivity contribution in [3.63, 3.8) is 0 Å². The van der Waals surface area contributed by atoms with Crippen LogP contribution in [-0.2, 0) is 6.42 Å². The Morgan fingerprint density at radius 2 is 1.85 bits per heavy atom. The van der Waals surface area contributed by atoms with E-state index in [2.05, 4.69) is 44.0 Å². The molecule has 134 valence electrons. The van der Waals surface area contributed by atoms with Gasteiger partial charge in [0.1, 0.15) is 0 Å². The minimum absolute atomic E-state index is 0.683. The van der Waals surface area contributed by atoms with Crippen LogP contribution in [-0.4, -0.2) is 53.6 Å². The number of nitrogens with two attached hydrogens (primary N) is 1. The van der Waals surface area contributed by atoms with Gasteiger partial charge in [-0.15, -0.1) is 0 Å². The largest absolute Gasteiger partial charge is 0.370 e. The lowest BCUT2D eigenvalue weighted by Gasteiger charge is -2.35. The zero-order valence-electron chi connectivity index (χ0n) is 14.8. The van der Waals surface area contributed by atoms with Crippen molar-refractivity contribution < 1.29 is 0 Å². The molecule has 6 nitrogen and oxygen atoms in total. The second-order valence-electron chi connectivity index (χ2n) is 7.48. The van der Waals surface area contributed by atoms with Crippen molar-refractivity contribution in [3.05, 3.63) is 53.9 Å². The quantitative estimate of drug-likeness (QED) is 0.672. The SMILES string of the molecule is NC(=NCC1C2Cc3ccccc3C12)N1CCN(c2ncccn2)CC1. The molecule has 0 amide bonds. The molecule has 5 rings (SSSR count). The molecule has 3 aliphatic rings. The lowest BCUT2D eigenvalue weighted by molar-refractivity contribution is 0.377. The second kappa shape index (κ2) is 6.27. The third-order valence-electron chi connectivity index (χ3n) is 6.10. The number of anilines is 1. The van der Waals surface area contributed by atoms with Gasteiger partial charge in [-0.2, -0.15) is 0 Å². The minimum atomic E-state index is 0.683. The third kappa shape index (κ3) is 2.69. The van der Waals surface area contributed by atoms with E-state index in [1.54, 1.807) is 18.0 Å². The average molecular weight is 348 g/mol. The fourth-order valence-corrected chi connectivity index (χ4v) is 4.62. The Kier molecular flexibility index (Phi) is 3.76. The first-order valence-corrected chi connectivity index (χ1v) is 9.46. The van der Waals surface area contributed by atoms with E-state index in [0.717, 1.165) is 50.5 Å². The Balaban J connectivity index is 1.16. The monoisotopic (exact) mass is 348 g/mol.